The Morgan fingerprint density at radius 1 is 0.967 bits per heavy atom. The predicted molar refractivity (Wildman–Crippen MR) is 115 cm³/mol. The van der Waals surface area contributed by atoms with Gasteiger partial charge >= 0.3 is 6.03 Å². The standard InChI is InChI=1S/C22H29FN4O3/c1-29-20-8-3-17(15-21(20)30-2)16-25-22(28)24-9-10-26-11-13-27(14-12-26)19-6-4-18(23)5-7-19/h3-8,15H,9-14,16H2,1-2H3,(H2,24,25,28). The molecule has 0 spiro atoms. The van der Waals surface area contributed by atoms with Crippen molar-refractivity contribution in [3.63, 3.8) is 0 Å². The van der Waals surface area contributed by atoms with Crippen molar-refractivity contribution in [1.82, 2.24) is 15.5 Å². The lowest BCUT2D eigenvalue weighted by Gasteiger charge is -2.36. The summed E-state index contributed by atoms with van der Waals surface area (Å²) in [5.41, 5.74) is 1.98. The molecule has 0 aliphatic carbocycles. The number of carbonyl (C=O) groups is 1. The number of benzene rings is 2. The summed E-state index contributed by atoms with van der Waals surface area (Å²) in [7, 11) is 3.17. The molecule has 2 N–H and O–H groups in total. The van der Waals surface area contributed by atoms with Crippen LogP contribution in [0, 0.1) is 5.82 Å². The highest BCUT2D eigenvalue weighted by molar-refractivity contribution is 5.73. The van der Waals surface area contributed by atoms with E-state index in [0.717, 1.165) is 44.0 Å². The first-order valence-electron chi connectivity index (χ1n) is 10.0. The van der Waals surface area contributed by atoms with Crippen molar-refractivity contribution in [2.75, 3.05) is 58.4 Å². The van der Waals surface area contributed by atoms with Gasteiger partial charge in [-0.15, -0.1) is 0 Å². The molecule has 0 unspecified atom stereocenters. The number of nitrogens with one attached hydrogen (secondary N) is 2. The Morgan fingerprint density at radius 2 is 1.67 bits per heavy atom. The van der Waals surface area contributed by atoms with Crippen molar-refractivity contribution in [1.29, 1.82) is 0 Å². The summed E-state index contributed by atoms with van der Waals surface area (Å²) in [6.45, 7) is 5.37. The van der Waals surface area contributed by atoms with Gasteiger partial charge in [0.1, 0.15) is 5.82 Å². The van der Waals surface area contributed by atoms with Crippen molar-refractivity contribution < 1.29 is 18.7 Å². The molecule has 1 fully saturated rings. The van der Waals surface area contributed by atoms with E-state index in [1.165, 1.54) is 12.1 Å². The first-order valence-corrected chi connectivity index (χ1v) is 10.0. The molecule has 1 heterocycles. The van der Waals surface area contributed by atoms with Crippen LogP contribution in [0.15, 0.2) is 42.5 Å². The first kappa shape index (κ1) is 21.7. The van der Waals surface area contributed by atoms with Crippen molar-refractivity contribution in [3.8, 4) is 11.5 Å². The zero-order valence-electron chi connectivity index (χ0n) is 17.5. The van der Waals surface area contributed by atoms with E-state index in [1.54, 1.807) is 14.2 Å². The molecule has 8 heteroatoms. The van der Waals surface area contributed by atoms with E-state index in [9.17, 15) is 9.18 Å². The maximum Gasteiger partial charge on any atom is 0.315 e. The van der Waals surface area contributed by atoms with E-state index in [1.807, 2.05) is 30.3 Å². The number of hydrogen-bond donors (Lipinski definition) is 2. The molecule has 2 amide bonds. The molecule has 3 rings (SSSR count). The highest BCUT2D eigenvalue weighted by Crippen LogP contribution is 2.27. The number of halogens is 1. The minimum Gasteiger partial charge on any atom is -0.493 e. The van der Waals surface area contributed by atoms with Gasteiger partial charge in [0.05, 0.1) is 14.2 Å². The Bertz CT molecular complexity index is 824. The number of ether oxygens (including phenoxy) is 2. The third-order valence-corrected chi connectivity index (χ3v) is 5.18. The van der Waals surface area contributed by atoms with Crippen LogP contribution >= 0.6 is 0 Å². The molecule has 0 bridgehead atoms. The lowest BCUT2D eigenvalue weighted by Crippen LogP contribution is -2.49. The lowest BCUT2D eigenvalue weighted by molar-refractivity contribution is 0.231. The molecule has 1 aliphatic heterocycles. The molecule has 2 aromatic carbocycles. The molecule has 0 atom stereocenters. The van der Waals surface area contributed by atoms with Gasteiger partial charge in [-0.05, 0) is 42.0 Å². The fourth-order valence-corrected chi connectivity index (χ4v) is 3.44. The highest BCUT2D eigenvalue weighted by Gasteiger charge is 2.17. The fourth-order valence-electron chi connectivity index (χ4n) is 3.44. The lowest BCUT2D eigenvalue weighted by atomic mass is 10.2. The SMILES string of the molecule is COc1ccc(CNC(=O)NCCN2CCN(c3ccc(F)cc3)CC2)cc1OC. The minimum absolute atomic E-state index is 0.199. The molecule has 1 saturated heterocycles. The second kappa shape index (κ2) is 10.7. The Morgan fingerprint density at radius 3 is 2.33 bits per heavy atom. The summed E-state index contributed by atoms with van der Waals surface area (Å²) in [5.74, 6) is 1.08. The third kappa shape index (κ3) is 6.00. The van der Waals surface area contributed by atoms with Crippen LogP contribution in [0.25, 0.3) is 0 Å². The zero-order chi connectivity index (χ0) is 21.3. The van der Waals surface area contributed by atoms with Gasteiger partial charge in [-0.1, -0.05) is 6.07 Å². The predicted octanol–water partition coefficient (Wildman–Crippen LogP) is 2.46. The third-order valence-electron chi connectivity index (χ3n) is 5.18. The van der Waals surface area contributed by atoms with E-state index in [2.05, 4.69) is 20.4 Å². The number of amides is 2. The number of methoxy groups -OCH3 is 2. The molecule has 0 saturated carbocycles. The molecule has 7 nitrogen and oxygen atoms in total. The summed E-state index contributed by atoms with van der Waals surface area (Å²) in [5, 5.41) is 5.75. The largest absolute Gasteiger partial charge is 0.493 e. The Hall–Kier alpha value is -3.00. The molecule has 2 aromatic rings. The molecule has 0 radical (unpaired) electrons. The molecule has 0 aromatic heterocycles. The van der Waals surface area contributed by atoms with Crippen molar-refractivity contribution in [2.24, 2.45) is 0 Å². The second-order valence-electron chi connectivity index (χ2n) is 7.10. The van der Waals surface area contributed by atoms with Crippen LogP contribution < -0.4 is 25.0 Å². The van der Waals surface area contributed by atoms with E-state index in [0.29, 0.717) is 24.6 Å². The van der Waals surface area contributed by atoms with Gasteiger partial charge in [-0.2, -0.15) is 0 Å². The van der Waals surface area contributed by atoms with E-state index >= 15 is 0 Å². The van der Waals surface area contributed by atoms with Gasteiger partial charge in [-0.25, -0.2) is 9.18 Å². The van der Waals surface area contributed by atoms with Gasteiger partial charge in [0, 0.05) is 51.5 Å². The van der Waals surface area contributed by atoms with E-state index < -0.39 is 0 Å². The first-order chi connectivity index (χ1) is 14.6. The fraction of sp³-hybridized carbons (Fsp3) is 0.409. The van der Waals surface area contributed by atoms with E-state index in [-0.39, 0.29) is 11.8 Å². The molecular formula is C22H29FN4O3. The van der Waals surface area contributed by atoms with Crippen LogP contribution in [0.3, 0.4) is 0 Å². The van der Waals surface area contributed by atoms with Crippen molar-refractivity contribution in [3.05, 3.63) is 53.8 Å². The Balaban J connectivity index is 1.34. The van der Waals surface area contributed by atoms with Gasteiger partial charge in [0.25, 0.3) is 0 Å². The van der Waals surface area contributed by atoms with Crippen LogP contribution in [0.5, 0.6) is 11.5 Å². The summed E-state index contributed by atoms with van der Waals surface area (Å²) >= 11 is 0. The van der Waals surface area contributed by atoms with Crippen LogP contribution in [-0.4, -0.2) is 64.4 Å². The van der Waals surface area contributed by atoms with Crippen LogP contribution in [0.1, 0.15) is 5.56 Å². The van der Waals surface area contributed by atoms with E-state index in [4.69, 9.17) is 9.47 Å². The van der Waals surface area contributed by atoms with Crippen molar-refractivity contribution >= 4 is 11.7 Å². The zero-order valence-corrected chi connectivity index (χ0v) is 17.5. The average Bonchev–Trinajstić information content (AvgIpc) is 2.78. The maximum absolute atomic E-state index is 13.1. The summed E-state index contributed by atoms with van der Waals surface area (Å²) in [6.07, 6.45) is 0. The van der Waals surface area contributed by atoms with Crippen LogP contribution in [-0.2, 0) is 6.54 Å². The normalized spacial score (nSPS) is 14.3. The van der Waals surface area contributed by atoms with Crippen molar-refractivity contribution in [2.45, 2.75) is 6.54 Å². The Labute approximate surface area is 176 Å². The van der Waals surface area contributed by atoms with Gasteiger partial charge in [0.2, 0.25) is 0 Å². The molecule has 162 valence electrons. The van der Waals surface area contributed by atoms with Gasteiger partial charge in [-0.3, -0.25) is 4.90 Å². The van der Waals surface area contributed by atoms with Gasteiger partial charge in [0.15, 0.2) is 11.5 Å². The Kier molecular flexibility index (Phi) is 7.73. The maximum atomic E-state index is 13.1. The highest BCUT2D eigenvalue weighted by atomic mass is 19.1. The number of anilines is 1. The number of rotatable bonds is 8. The molecule has 30 heavy (non-hydrogen) atoms. The summed E-state index contributed by atoms with van der Waals surface area (Å²) in [6, 6.07) is 12.0. The number of nitrogens with zero attached hydrogens (tertiary/aromatic N) is 2. The number of carbonyl (C=O) groups excluding carboxylic acids is 1. The smallest absolute Gasteiger partial charge is 0.315 e. The summed E-state index contributed by atoms with van der Waals surface area (Å²) in [4.78, 5) is 16.6. The molecule has 1 aliphatic rings. The number of urea groups is 1. The van der Waals surface area contributed by atoms with Gasteiger partial charge < -0.3 is 25.0 Å². The second-order valence-corrected chi connectivity index (χ2v) is 7.10. The van der Waals surface area contributed by atoms with Crippen LogP contribution in [0.4, 0.5) is 14.9 Å². The number of hydrogen-bond acceptors (Lipinski definition) is 5. The van der Waals surface area contributed by atoms with Crippen LogP contribution in [0.2, 0.25) is 0 Å². The quantitative estimate of drug-likeness (QED) is 0.692. The monoisotopic (exact) mass is 416 g/mol. The molecular weight excluding hydrogens is 387 g/mol. The average molecular weight is 416 g/mol. The summed E-state index contributed by atoms with van der Waals surface area (Å²) < 4.78 is 23.6. The minimum atomic E-state index is -0.215. The topological polar surface area (TPSA) is 66.1 Å². The number of piperazine rings is 1.